The summed E-state index contributed by atoms with van der Waals surface area (Å²) in [5, 5.41) is 0. The molecular formula is C16H15BrF2O. The molecule has 3 aliphatic carbocycles. The van der Waals surface area contributed by atoms with Gasteiger partial charge in [0.15, 0.2) is 0 Å². The molecule has 0 aliphatic heterocycles. The molecule has 3 fully saturated rings. The summed E-state index contributed by atoms with van der Waals surface area (Å²) in [5.74, 6) is 1.33. The van der Waals surface area contributed by atoms with Crippen LogP contribution in [0.25, 0.3) is 0 Å². The Labute approximate surface area is 124 Å². The Balaban J connectivity index is 1.54. The Morgan fingerprint density at radius 2 is 1.85 bits per heavy atom. The number of hydrogen-bond acceptors (Lipinski definition) is 1. The van der Waals surface area contributed by atoms with E-state index in [1.807, 2.05) is 0 Å². The molecule has 106 valence electrons. The van der Waals surface area contributed by atoms with Crippen molar-refractivity contribution in [3.8, 4) is 0 Å². The van der Waals surface area contributed by atoms with E-state index >= 15 is 0 Å². The van der Waals surface area contributed by atoms with Gasteiger partial charge < -0.3 is 0 Å². The fourth-order valence-electron chi connectivity index (χ4n) is 4.78. The second kappa shape index (κ2) is 4.36. The minimum absolute atomic E-state index is 0.0347. The minimum atomic E-state index is -0.632. The van der Waals surface area contributed by atoms with E-state index in [-0.39, 0.29) is 28.2 Å². The van der Waals surface area contributed by atoms with Crippen molar-refractivity contribution in [1.29, 1.82) is 0 Å². The number of rotatable bonds is 3. The van der Waals surface area contributed by atoms with E-state index in [1.165, 1.54) is 31.4 Å². The Morgan fingerprint density at radius 3 is 2.50 bits per heavy atom. The van der Waals surface area contributed by atoms with Crippen molar-refractivity contribution >= 4 is 21.7 Å². The zero-order valence-electron chi connectivity index (χ0n) is 10.9. The van der Waals surface area contributed by atoms with Crippen molar-refractivity contribution in [3.05, 3.63) is 33.8 Å². The van der Waals surface area contributed by atoms with Gasteiger partial charge >= 0.3 is 0 Å². The van der Waals surface area contributed by atoms with Gasteiger partial charge in [-0.1, -0.05) is 0 Å². The molecule has 0 amide bonds. The molecule has 3 aliphatic rings. The van der Waals surface area contributed by atoms with Crippen LogP contribution < -0.4 is 0 Å². The van der Waals surface area contributed by atoms with E-state index in [0.717, 1.165) is 0 Å². The predicted molar refractivity (Wildman–Crippen MR) is 74.1 cm³/mol. The van der Waals surface area contributed by atoms with Crippen LogP contribution in [0.4, 0.5) is 8.78 Å². The summed E-state index contributed by atoms with van der Waals surface area (Å²) >= 11 is 3.05. The van der Waals surface area contributed by atoms with E-state index in [9.17, 15) is 13.6 Å². The van der Waals surface area contributed by atoms with E-state index in [0.29, 0.717) is 23.7 Å². The van der Waals surface area contributed by atoms with Gasteiger partial charge in [-0.25, -0.2) is 8.78 Å². The van der Waals surface area contributed by atoms with Crippen LogP contribution in [-0.2, 0) is 11.2 Å². The maximum Gasteiger partial charge on any atom is 0.143 e. The van der Waals surface area contributed by atoms with Crippen molar-refractivity contribution in [1.82, 2.24) is 0 Å². The van der Waals surface area contributed by atoms with Crippen molar-refractivity contribution in [2.75, 3.05) is 0 Å². The highest BCUT2D eigenvalue weighted by Crippen LogP contribution is 2.69. The van der Waals surface area contributed by atoms with Crippen LogP contribution in [0.15, 0.2) is 16.6 Å². The van der Waals surface area contributed by atoms with Crippen molar-refractivity contribution in [2.24, 2.45) is 29.6 Å². The topological polar surface area (TPSA) is 17.1 Å². The highest BCUT2D eigenvalue weighted by atomic mass is 79.9. The van der Waals surface area contributed by atoms with Gasteiger partial charge in [0.25, 0.3) is 0 Å². The largest absolute Gasteiger partial charge is 0.299 e. The molecule has 2 bridgehead atoms. The number of carbonyl (C=O) groups is 1. The third-order valence-corrected chi connectivity index (χ3v) is 6.21. The van der Waals surface area contributed by atoms with Crippen LogP contribution >= 0.6 is 15.9 Å². The molecular weight excluding hydrogens is 326 g/mol. The van der Waals surface area contributed by atoms with Gasteiger partial charge in [-0.3, -0.25) is 4.79 Å². The first-order valence-electron chi connectivity index (χ1n) is 7.23. The number of hydrogen-bond donors (Lipinski definition) is 0. The Hall–Kier alpha value is -0.770. The molecule has 1 aromatic rings. The lowest BCUT2D eigenvalue weighted by Gasteiger charge is -2.09. The van der Waals surface area contributed by atoms with Crippen LogP contribution in [0.1, 0.15) is 24.8 Å². The molecule has 1 nitrogen and oxygen atoms in total. The molecule has 0 spiro atoms. The summed E-state index contributed by atoms with van der Waals surface area (Å²) in [6.45, 7) is 0. The van der Waals surface area contributed by atoms with Crippen molar-refractivity contribution in [3.63, 3.8) is 0 Å². The summed E-state index contributed by atoms with van der Waals surface area (Å²) in [6, 6.07) is 2.55. The first kappa shape index (κ1) is 12.9. The van der Waals surface area contributed by atoms with Crippen LogP contribution in [0.3, 0.4) is 0 Å². The quantitative estimate of drug-likeness (QED) is 0.756. The molecule has 3 saturated carbocycles. The maximum atomic E-state index is 13.9. The van der Waals surface area contributed by atoms with Crippen LogP contribution in [0.5, 0.6) is 0 Å². The van der Waals surface area contributed by atoms with Crippen LogP contribution in [-0.4, -0.2) is 5.78 Å². The Bertz CT molecular complexity index is 584. The SMILES string of the molecule is O=C(Cc1c(F)ccc(Br)c1F)C1C2C3CCC(C3)C12. The minimum Gasteiger partial charge on any atom is -0.299 e. The lowest BCUT2D eigenvalue weighted by molar-refractivity contribution is -0.120. The average molecular weight is 341 g/mol. The van der Waals surface area contributed by atoms with Crippen molar-refractivity contribution < 1.29 is 13.6 Å². The summed E-state index contributed by atoms with van der Waals surface area (Å²) in [7, 11) is 0. The number of halogens is 3. The second-order valence-electron chi connectivity index (χ2n) is 6.48. The molecule has 0 aromatic heterocycles. The zero-order valence-corrected chi connectivity index (χ0v) is 12.5. The molecule has 4 atom stereocenters. The van der Waals surface area contributed by atoms with E-state index in [1.54, 1.807) is 0 Å². The molecule has 20 heavy (non-hydrogen) atoms. The molecule has 0 saturated heterocycles. The van der Waals surface area contributed by atoms with Crippen LogP contribution in [0, 0.1) is 41.2 Å². The fraction of sp³-hybridized carbons (Fsp3) is 0.562. The lowest BCUT2D eigenvalue weighted by atomic mass is 9.96. The highest BCUT2D eigenvalue weighted by Gasteiger charge is 2.66. The summed E-state index contributed by atoms with van der Waals surface area (Å²) in [6.07, 6.45) is 3.66. The first-order valence-corrected chi connectivity index (χ1v) is 8.02. The van der Waals surface area contributed by atoms with Gasteiger partial charge in [-0.15, -0.1) is 0 Å². The van der Waals surface area contributed by atoms with Gasteiger partial charge in [0.05, 0.1) is 4.47 Å². The molecule has 1 aromatic carbocycles. The second-order valence-corrected chi connectivity index (χ2v) is 7.33. The van der Waals surface area contributed by atoms with E-state index in [4.69, 9.17) is 0 Å². The van der Waals surface area contributed by atoms with Gasteiger partial charge in [-0.2, -0.15) is 0 Å². The van der Waals surface area contributed by atoms with Crippen LogP contribution in [0.2, 0.25) is 0 Å². The molecule has 4 unspecified atom stereocenters. The maximum absolute atomic E-state index is 13.9. The monoisotopic (exact) mass is 340 g/mol. The third-order valence-electron chi connectivity index (χ3n) is 5.60. The van der Waals surface area contributed by atoms with E-state index in [2.05, 4.69) is 15.9 Å². The number of fused-ring (bicyclic) bond motifs is 5. The standard InChI is InChI=1S/C16H15BrF2O/c17-10-3-4-11(18)9(16(10)19)6-12(20)15-13-7-1-2-8(5-7)14(13)15/h3-4,7-8,13-15H,1-2,5-6H2. The highest BCUT2D eigenvalue weighted by molar-refractivity contribution is 9.10. The number of carbonyl (C=O) groups excluding carboxylic acids is 1. The lowest BCUT2D eigenvalue weighted by Crippen LogP contribution is -2.14. The molecule has 0 N–H and O–H groups in total. The number of Topliss-reactive ketones (excluding diaryl/α,β-unsaturated/α-hetero) is 1. The van der Waals surface area contributed by atoms with Gasteiger partial charge in [-0.05, 0) is 71.0 Å². The zero-order chi connectivity index (χ0) is 14.0. The van der Waals surface area contributed by atoms with Gasteiger partial charge in [0.2, 0.25) is 0 Å². The summed E-state index contributed by atoms with van der Waals surface area (Å²) in [5.41, 5.74) is -0.0818. The molecule has 0 heterocycles. The average Bonchev–Trinajstić information content (AvgIpc) is 2.88. The smallest absolute Gasteiger partial charge is 0.143 e. The Morgan fingerprint density at radius 1 is 1.20 bits per heavy atom. The van der Waals surface area contributed by atoms with Crippen molar-refractivity contribution in [2.45, 2.75) is 25.7 Å². The number of ketones is 1. The third kappa shape index (κ3) is 1.73. The molecule has 4 heteroatoms. The van der Waals surface area contributed by atoms with E-state index < -0.39 is 11.6 Å². The summed E-state index contributed by atoms with van der Waals surface area (Å²) < 4.78 is 27.9. The molecule has 0 radical (unpaired) electrons. The fourth-order valence-corrected chi connectivity index (χ4v) is 5.15. The van der Waals surface area contributed by atoms with Gasteiger partial charge in [0.1, 0.15) is 17.4 Å². The predicted octanol–water partition coefficient (Wildman–Crippen LogP) is 4.13. The number of benzene rings is 1. The normalized spacial score (nSPS) is 37.0. The first-order chi connectivity index (χ1) is 9.58. The summed E-state index contributed by atoms with van der Waals surface area (Å²) in [4.78, 5) is 12.4. The van der Waals surface area contributed by atoms with Gasteiger partial charge in [0, 0.05) is 17.9 Å². The Kier molecular flexibility index (Phi) is 2.82. The molecule has 4 rings (SSSR count).